The van der Waals surface area contributed by atoms with E-state index in [4.69, 9.17) is 4.74 Å². The van der Waals surface area contributed by atoms with E-state index in [9.17, 15) is 4.79 Å². The van der Waals surface area contributed by atoms with Gasteiger partial charge in [0, 0.05) is 13.7 Å². The van der Waals surface area contributed by atoms with Gasteiger partial charge in [0.2, 0.25) is 5.91 Å². The van der Waals surface area contributed by atoms with Crippen LogP contribution in [0.4, 0.5) is 0 Å². The standard InChI is InChI=1S/C15H22N2O2/c1-19-12-15(18)16-14(11-17-9-5-6-10-17)13-7-3-2-4-8-13/h2-4,7-8,14H,5-6,9-12H2,1H3,(H,16,18). The van der Waals surface area contributed by atoms with Gasteiger partial charge in [-0.3, -0.25) is 4.79 Å². The quantitative estimate of drug-likeness (QED) is 0.846. The largest absolute Gasteiger partial charge is 0.375 e. The lowest BCUT2D eigenvalue weighted by molar-refractivity contribution is -0.125. The number of nitrogens with zero attached hydrogens (tertiary/aromatic N) is 1. The molecule has 0 radical (unpaired) electrons. The lowest BCUT2D eigenvalue weighted by atomic mass is 10.1. The highest BCUT2D eigenvalue weighted by Crippen LogP contribution is 2.17. The van der Waals surface area contributed by atoms with Gasteiger partial charge < -0.3 is 15.0 Å². The van der Waals surface area contributed by atoms with Crippen molar-refractivity contribution in [3.05, 3.63) is 35.9 Å². The van der Waals surface area contributed by atoms with Crippen LogP contribution in [0.25, 0.3) is 0 Å². The van der Waals surface area contributed by atoms with E-state index in [2.05, 4.69) is 22.3 Å². The zero-order valence-electron chi connectivity index (χ0n) is 11.5. The van der Waals surface area contributed by atoms with Crippen molar-refractivity contribution >= 4 is 5.91 Å². The molecular formula is C15H22N2O2. The molecule has 4 heteroatoms. The number of hydrogen-bond acceptors (Lipinski definition) is 3. The van der Waals surface area contributed by atoms with E-state index >= 15 is 0 Å². The molecule has 0 bridgehead atoms. The Morgan fingerprint density at radius 1 is 1.32 bits per heavy atom. The fourth-order valence-corrected chi connectivity index (χ4v) is 2.51. The molecule has 1 amide bonds. The first-order chi connectivity index (χ1) is 9.29. The molecule has 4 nitrogen and oxygen atoms in total. The van der Waals surface area contributed by atoms with Gasteiger partial charge in [-0.2, -0.15) is 0 Å². The van der Waals surface area contributed by atoms with E-state index in [-0.39, 0.29) is 18.6 Å². The van der Waals surface area contributed by atoms with Crippen LogP contribution >= 0.6 is 0 Å². The Kier molecular flexibility index (Phi) is 5.36. The molecule has 104 valence electrons. The number of benzene rings is 1. The maximum Gasteiger partial charge on any atom is 0.246 e. The van der Waals surface area contributed by atoms with Crippen molar-refractivity contribution in [1.29, 1.82) is 0 Å². The lowest BCUT2D eigenvalue weighted by Crippen LogP contribution is -2.38. The summed E-state index contributed by atoms with van der Waals surface area (Å²) >= 11 is 0. The topological polar surface area (TPSA) is 41.6 Å². The van der Waals surface area contributed by atoms with Gasteiger partial charge in [0.15, 0.2) is 0 Å². The van der Waals surface area contributed by atoms with Crippen molar-refractivity contribution < 1.29 is 9.53 Å². The van der Waals surface area contributed by atoms with Crippen molar-refractivity contribution in [2.24, 2.45) is 0 Å². The maximum absolute atomic E-state index is 11.7. The van der Waals surface area contributed by atoms with Gasteiger partial charge in [-0.1, -0.05) is 30.3 Å². The first kappa shape index (κ1) is 14.0. The van der Waals surface area contributed by atoms with Crippen molar-refractivity contribution in [3.63, 3.8) is 0 Å². The van der Waals surface area contributed by atoms with Gasteiger partial charge in [0.25, 0.3) is 0 Å². The number of nitrogens with one attached hydrogen (secondary N) is 1. The number of hydrogen-bond donors (Lipinski definition) is 1. The van der Waals surface area contributed by atoms with Crippen LogP contribution in [0.15, 0.2) is 30.3 Å². The molecule has 1 aromatic carbocycles. The number of ether oxygens (including phenoxy) is 1. The number of methoxy groups -OCH3 is 1. The van der Waals surface area contributed by atoms with Gasteiger partial charge in [-0.15, -0.1) is 0 Å². The van der Waals surface area contributed by atoms with Crippen molar-refractivity contribution in [3.8, 4) is 0 Å². The lowest BCUT2D eigenvalue weighted by Gasteiger charge is -2.24. The Labute approximate surface area is 114 Å². The molecule has 1 unspecified atom stereocenters. The van der Waals surface area contributed by atoms with E-state index in [0.717, 1.165) is 25.2 Å². The molecule has 1 aliphatic heterocycles. The first-order valence-corrected chi connectivity index (χ1v) is 6.85. The van der Waals surface area contributed by atoms with Crippen LogP contribution < -0.4 is 5.32 Å². The van der Waals surface area contributed by atoms with Crippen LogP contribution in [0.1, 0.15) is 24.4 Å². The predicted molar refractivity (Wildman–Crippen MR) is 74.9 cm³/mol. The molecule has 1 aromatic rings. The Morgan fingerprint density at radius 2 is 2.00 bits per heavy atom. The zero-order chi connectivity index (χ0) is 13.5. The third-order valence-electron chi connectivity index (χ3n) is 3.45. The molecule has 1 heterocycles. The minimum Gasteiger partial charge on any atom is -0.375 e. The fraction of sp³-hybridized carbons (Fsp3) is 0.533. The summed E-state index contributed by atoms with van der Waals surface area (Å²) in [4.78, 5) is 14.2. The summed E-state index contributed by atoms with van der Waals surface area (Å²) in [6.07, 6.45) is 2.51. The van der Waals surface area contributed by atoms with Gasteiger partial charge in [0.1, 0.15) is 6.61 Å². The van der Waals surface area contributed by atoms with Crippen molar-refractivity contribution in [2.75, 3.05) is 33.4 Å². The first-order valence-electron chi connectivity index (χ1n) is 6.85. The summed E-state index contributed by atoms with van der Waals surface area (Å²) < 4.78 is 4.88. The van der Waals surface area contributed by atoms with Gasteiger partial charge in [-0.25, -0.2) is 0 Å². The highest BCUT2D eigenvalue weighted by atomic mass is 16.5. The summed E-state index contributed by atoms with van der Waals surface area (Å²) in [7, 11) is 1.54. The molecule has 1 saturated heterocycles. The van der Waals surface area contributed by atoms with E-state index in [1.165, 1.54) is 20.0 Å². The van der Waals surface area contributed by atoms with Gasteiger partial charge in [-0.05, 0) is 31.5 Å². The van der Waals surface area contributed by atoms with Gasteiger partial charge in [0.05, 0.1) is 6.04 Å². The smallest absolute Gasteiger partial charge is 0.246 e. The minimum absolute atomic E-state index is 0.0435. The number of carbonyl (C=O) groups is 1. The second-order valence-corrected chi connectivity index (χ2v) is 4.97. The minimum atomic E-state index is -0.0597. The Balaban J connectivity index is 2.01. The van der Waals surface area contributed by atoms with Crippen LogP contribution in [0.3, 0.4) is 0 Å². The summed E-state index contributed by atoms with van der Waals surface area (Å²) in [5.41, 5.74) is 1.15. The van der Waals surface area contributed by atoms with Crippen LogP contribution in [-0.2, 0) is 9.53 Å². The molecule has 1 atom stereocenters. The van der Waals surface area contributed by atoms with Crippen molar-refractivity contribution in [2.45, 2.75) is 18.9 Å². The Hall–Kier alpha value is -1.39. The summed E-state index contributed by atoms with van der Waals surface area (Å²) in [5.74, 6) is -0.0597. The SMILES string of the molecule is COCC(=O)NC(CN1CCCC1)c1ccccc1. The third kappa shape index (κ3) is 4.33. The molecule has 19 heavy (non-hydrogen) atoms. The third-order valence-corrected chi connectivity index (χ3v) is 3.45. The summed E-state index contributed by atoms with van der Waals surface area (Å²) in [6.45, 7) is 3.25. The highest BCUT2D eigenvalue weighted by Gasteiger charge is 2.20. The second kappa shape index (κ2) is 7.26. The number of amides is 1. The molecule has 2 rings (SSSR count). The molecule has 1 fully saturated rings. The van der Waals surface area contributed by atoms with Crippen LogP contribution in [0, 0.1) is 0 Å². The zero-order valence-corrected chi connectivity index (χ0v) is 11.5. The molecule has 0 aliphatic carbocycles. The maximum atomic E-state index is 11.7. The predicted octanol–water partition coefficient (Wildman–Crippen LogP) is 1.59. The fourth-order valence-electron chi connectivity index (χ4n) is 2.51. The molecule has 0 spiro atoms. The summed E-state index contributed by atoms with van der Waals surface area (Å²) in [5, 5.41) is 3.06. The molecule has 0 saturated carbocycles. The highest BCUT2D eigenvalue weighted by molar-refractivity contribution is 5.77. The van der Waals surface area contributed by atoms with Crippen molar-refractivity contribution in [1.82, 2.24) is 10.2 Å². The van der Waals surface area contributed by atoms with Crippen LogP contribution in [-0.4, -0.2) is 44.2 Å². The molecule has 0 aromatic heterocycles. The van der Waals surface area contributed by atoms with E-state index in [1.807, 2.05) is 18.2 Å². The van der Waals surface area contributed by atoms with Gasteiger partial charge >= 0.3 is 0 Å². The summed E-state index contributed by atoms with van der Waals surface area (Å²) in [6, 6.07) is 10.2. The monoisotopic (exact) mass is 262 g/mol. The van der Waals surface area contributed by atoms with E-state index in [0.29, 0.717) is 0 Å². The molecule has 1 N–H and O–H groups in total. The number of rotatable bonds is 6. The normalized spacial score (nSPS) is 17.3. The van der Waals surface area contributed by atoms with E-state index < -0.39 is 0 Å². The number of likely N-dealkylation sites (tertiary alicyclic amines) is 1. The Morgan fingerprint density at radius 3 is 2.63 bits per heavy atom. The Bertz CT molecular complexity index is 388. The average molecular weight is 262 g/mol. The number of carbonyl (C=O) groups excluding carboxylic acids is 1. The van der Waals surface area contributed by atoms with Crippen LogP contribution in [0.2, 0.25) is 0 Å². The molecule has 1 aliphatic rings. The van der Waals surface area contributed by atoms with E-state index in [1.54, 1.807) is 0 Å². The van der Waals surface area contributed by atoms with Crippen LogP contribution in [0.5, 0.6) is 0 Å². The molecular weight excluding hydrogens is 240 g/mol. The average Bonchev–Trinajstić information content (AvgIpc) is 2.92. The second-order valence-electron chi connectivity index (χ2n) is 4.97.